The molecule has 8 heteroatoms. The smallest absolute Gasteiger partial charge is 0.266 e. The van der Waals surface area contributed by atoms with Crippen LogP contribution in [0.2, 0.25) is 0 Å². The van der Waals surface area contributed by atoms with Gasteiger partial charge in [0, 0.05) is 0 Å². The summed E-state index contributed by atoms with van der Waals surface area (Å²) in [6.07, 6.45) is 1.37. The van der Waals surface area contributed by atoms with Crippen molar-refractivity contribution in [1.82, 2.24) is 24.5 Å². The molecule has 2 aromatic heterocycles. The SMILES string of the molecule is Cc1ccccc1-n1c(CSc2ncnc(N)n2)nc2cccc(C)c2c1=O. The van der Waals surface area contributed by atoms with E-state index in [0.29, 0.717) is 27.6 Å². The molecule has 140 valence electrons. The fraction of sp³-hybridized carbons (Fsp3) is 0.150. The molecular weight excluding hydrogens is 372 g/mol. The van der Waals surface area contributed by atoms with Gasteiger partial charge in [-0.05, 0) is 37.1 Å². The van der Waals surface area contributed by atoms with Crippen molar-refractivity contribution in [2.45, 2.75) is 24.8 Å². The predicted molar refractivity (Wildman–Crippen MR) is 111 cm³/mol. The Morgan fingerprint density at radius 3 is 2.57 bits per heavy atom. The molecule has 0 aliphatic carbocycles. The maximum absolute atomic E-state index is 13.4. The van der Waals surface area contributed by atoms with E-state index < -0.39 is 0 Å². The van der Waals surface area contributed by atoms with Gasteiger partial charge < -0.3 is 5.73 Å². The molecule has 7 nitrogen and oxygen atoms in total. The Kier molecular flexibility index (Phi) is 4.79. The van der Waals surface area contributed by atoms with E-state index in [1.54, 1.807) is 4.57 Å². The highest BCUT2D eigenvalue weighted by molar-refractivity contribution is 7.98. The molecule has 4 aromatic rings. The number of hydrogen-bond donors (Lipinski definition) is 1. The van der Waals surface area contributed by atoms with E-state index in [1.165, 1.54) is 18.1 Å². The van der Waals surface area contributed by atoms with Crippen LogP contribution >= 0.6 is 11.8 Å². The van der Waals surface area contributed by atoms with Crippen molar-refractivity contribution >= 4 is 28.6 Å². The topological polar surface area (TPSA) is 99.6 Å². The number of thioether (sulfide) groups is 1. The Morgan fingerprint density at radius 1 is 1.00 bits per heavy atom. The molecule has 0 radical (unpaired) electrons. The number of nitrogen functional groups attached to an aromatic ring is 1. The van der Waals surface area contributed by atoms with Crippen LogP contribution in [0.4, 0.5) is 5.95 Å². The Morgan fingerprint density at radius 2 is 1.79 bits per heavy atom. The maximum atomic E-state index is 13.4. The number of aryl methyl sites for hydroxylation is 2. The number of para-hydroxylation sites is 1. The quantitative estimate of drug-likeness (QED) is 0.535. The van der Waals surface area contributed by atoms with Gasteiger partial charge in [-0.15, -0.1) is 0 Å². The van der Waals surface area contributed by atoms with E-state index in [-0.39, 0.29) is 11.5 Å². The zero-order valence-electron chi connectivity index (χ0n) is 15.5. The lowest BCUT2D eigenvalue weighted by molar-refractivity contribution is 0.868. The second kappa shape index (κ2) is 7.40. The minimum Gasteiger partial charge on any atom is -0.368 e. The van der Waals surface area contributed by atoms with Crippen molar-refractivity contribution in [3.05, 3.63) is 76.1 Å². The third-order valence-electron chi connectivity index (χ3n) is 4.43. The van der Waals surface area contributed by atoms with E-state index in [0.717, 1.165) is 16.8 Å². The van der Waals surface area contributed by atoms with Gasteiger partial charge in [-0.2, -0.15) is 4.98 Å². The van der Waals surface area contributed by atoms with Crippen LogP contribution in [0.3, 0.4) is 0 Å². The number of nitrogens with two attached hydrogens (primary N) is 1. The van der Waals surface area contributed by atoms with Crippen LogP contribution in [-0.4, -0.2) is 24.5 Å². The zero-order chi connectivity index (χ0) is 19.7. The molecule has 2 heterocycles. The van der Waals surface area contributed by atoms with Crippen molar-refractivity contribution < 1.29 is 0 Å². The summed E-state index contributed by atoms with van der Waals surface area (Å²) in [6.45, 7) is 3.91. The van der Waals surface area contributed by atoms with Gasteiger partial charge in [-0.1, -0.05) is 42.1 Å². The fourth-order valence-electron chi connectivity index (χ4n) is 3.09. The van der Waals surface area contributed by atoms with E-state index >= 15 is 0 Å². The van der Waals surface area contributed by atoms with Gasteiger partial charge >= 0.3 is 0 Å². The molecule has 0 aliphatic heterocycles. The molecule has 0 aliphatic rings. The number of anilines is 1. The van der Waals surface area contributed by atoms with Gasteiger partial charge in [0.15, 0.2) is 5.16 Å². The summed E-state index contributed by atoms with van der Waals surface area (Å²) in [4.78, 5) is 30.3. The van der Waals surface area contributed by atoms with Crippen LogP contribution in [0.25, 0.3) is 16.6 Å². The normalized spacial score (nSPS) is 11.1. The highest BCUT2D eigenvalue weighted by Gasteiger charge is 2.16. The molecule has 0 atom stereocenters. The minimum atomic E-state index is -0.0804. The maximum Gasteiger partial charge on any atom is 0.266 e. The summed E-state index contributed by atoms with van der Waals surface area (Å²) in [6, 6.07) is 13.5. The van der Waals surface area contributed by atoms with E-state index in [4.69, 9.17) is 10.7 Å². The summed E-state index contributed by atoms with van der Waals surface area (Å²) in [5.74, 6) is 1.20. The number of hydrogen-bond acceptors (Lipinski definition) is 7. The molecule has 0 saturated heterocycles. The van der Waals surface area contributed by atoms with Gasteiger partial charge in [0.1, 0.15) is 12.2 Å². The van der Waals surface area contributed by atoms with Gasteiger partial charge in [0.2, 0.25) is 5.95 Å². The monoisotopic (exact) mass is 390 g/mol. The molecule has 0 saturated carbocycles. The summed E-state index contributed by atoms with van der Waals surface area (Å²) in [5, 5.41) is 1.12. The lowest BCUT2D eigenvalue weighted by Gasteiger charge is -2.16. The molecule has 4 rings (SSSR count). The Balaban J connectivity index is 1.90. The highest BCUT2D eigenvalue weighted by Crippen LogP contribution is 2.23. The summed E-state index contributed by atoms with van der Waals surface area (Å²) in [7, 11) is 0. The fourth-order valence-corrected chi connectivity index (χ4v) is 3.82. The minimum absolute atomic E-state index is 0.0804. The van der Waals surface area contributed by atoms with Crippen molar-refractivity contribution in [3.63, 3.8) is 0 Å². The first-order chi connectivity index (χ1) is 13.5. The van der Waals surface area contributed by atoms with Crippen molar-refractivity contribution in [1.29, 1.82) is 0 Å². The molecule has 0 fully saturated rings. The van der Waals surface area contributed by atoms with Crippen LogP contribution < -0.4 is 11.3 Å². The number of aromatic nitrogens is 5. The average Bonchev–Trinajstić information content (AvgIpc) is 2.67. The van der Waals surface area contributed by atoms with Crippen LogP contribution in [0, 0.1) is 13.8 Å². The van der Waals surface area contributed by atoms with Crippen molar-refractivity contribution in [2.24, 2.45) is 0 Å². The molecule has 2 N–H and O–H groups in total. The van der Waals surface area contributed by atoms with Gasteiger partial charge in [-0.25, -0.2) is 15.0 Å². The Labute approximate surface area is 165 Å². The first-order valence-electron chi connectivity index (χ1n) is 8.69. The number of benzene rings is 2. The molecule has 0 amide bonds. The van der Waals surface area contributed by atoms with Crippen molar-refractivity contribution in [2.75, 3.05) is 5.73 Å². The Hall–Kier alpha value is -3.26. The average molecular weight is 390 g/mol. The molecule has 0 spiro atoms. The molecule has 2 aromatic carbocycles. The van der Waals surface area contributed by atoms with E-state index in [2.05, 4.69) is 15.0 Å². The number of rotatable bonds is 4. The number of fused-ring (bicyclic) bond motifs is 1. The number of nitrogens with zero attached hydrogens (tertiary/aromatic N) is 5. The van der Waals surface area contributed by atoms with Gasteiger partial charge in [0.25, 0.3) is 5.56 Å². The second-order valence-electron chi connectivity index (χ2n) is 6.34. The Bertz CT molecular complexity index is 1240. The predicted octanol–water partition coefficient (Wildman–Crippen LogP) is 3.06. The van der Waals surface area contributed by atoms with Crippen molar-refractivity contribution in [3.8, 4) is 5.69 Å². The third kappa shape index (κ3) is 3.34. The van der Waals surface area contributed by atoms with E-state index in [9.17, 15) is 4.79 Å². The molecular formula is C20H18N6OS. The zero-order valence-corrected chi connectivity index (χ0v) is 16.3. The van der Waals surface area contributed by atoms with Crippen LogP contribution in [0.1, 0.15) is 17.0 Å². The molecule has 0 bridgehead atoms. The van der Waals surface area contributed by atoms with Crippen LogP contribution in [-0.2, 0) is 5.75 Å². The lowest BCUT2D eigenvalue weighted by Crippen LogP contribution is -2.25. The summed E-state index contributed by atoms with van der Waals surface area (Å²) < 4.78 is 1.68. The standard InChI is InChI=1S/C20H18N6OS/c1-12-6-3-4-9-15(12)26-16(10-28-20-23-11-22-19(21)25-20)24-14-8-5-7-13(2)17(14)18(26)27/h3-9,11H,10H2,1-2H3,(H2,21,22,23,25). The van der Waals surface area contributed by atoms with Gasteiger partial charge in [0.05, 0.1) is 22.3 Å². The summed E-state index contributed by atoms with van der Waals surface area (Å²) in [5.41, 5.74) is 8.95. The lowest BCUT2D eigenvalue weighted by atomic mass is 10.1. The van der Waals surface area contributed by atoms with Crippen LogP contribution in [0.15, 0.2) is 58.7 Å². The first kappa shape index (κ1) is 18.1. The molecule has 28 heavy (non-hydrogen) atoms. The van der Waals surface area contributed by atoms with Gasteiger partial charge in [-0.3, -0.25) is 9.36 Å². The third-order valence-corrected chi connectivity index (χ3v) is 5.29. The summed E-state index contributed by atoms with van der Waals surface area (Å²) >= 11 is 1.36. The second-order valence-corrected chi connectivity index (χ2v) is 7.28. The van der Waals surface area contributed by atoms with Crippen LogP contribution in [0.5, 0.6) is 0 Å². The highest BCUT2D eigenvalue weighted by atomic mass is 32.2. The largest absolute Gasteiger partial charge is 0.368 e. The van der Waals surface area contributed by atoms with E-state index in [1.807, 2.05) is 56.3 Å². The molecule has 0 unspecified atom stereocenters. The first-order valence-corrected chi connectivity index (χ1v) is 9.67.